The van der Waals surface area contributed by atoms with E-state index in [4.69, 9.17) is 5.84 Å². The molecule has 7 heteroatoms. The van der Waals surface area contributed by atoms with Crippen LogP contribution in [0.25, 0.3) is 0 Å². The van der Waals surface area contributed by atoms with Gasteiger partial charge in [-0.05, 0) is 12.0 Å². The van der Waals surface area contributed by atoms with Crippen molar-refractivity contribution in [3.63, 3.8) is 0 Å². The Balaban J connectivity index is 2.38. The van der Waals surface area contributed by atoms with E-state index in [9.17, 15) is 9.59 Å². The molecular formula is C13H21N5O2. The minimum Gasteiger partial charge on any atom is -0.356 e. The third-order valence-electron chi connectivity index (χ3n) is 2.57. The first-order chi connectivity index (χ1) is 9.54. The van der Waals surface area contributed by atoms with Gasteiger partial charge >= 0.3 is 0 Å². The first-order valence-corrected chi connectivity index (χ1v) is 6.50. The van der Waals surface area contributed by atoms with Gasteiger partial charge in [0.1, 0.15) is 0 Å². The molecule has 0 radical (unpaired) electrons. The number of hydrogen-bond acceptors (Lipinski definition) is 5. The van der Waals surface area contributed by atoms with Gasteiger partial charge in [0.2, 0.25) is 5.91 Å². The second kappa shape index (κ2) is 8.11. The Morgan fingerprint density at radius 2 is 2.10 bits per heavy atom. The van der Waals surface area contributed by atoms with Gasteiger partial charge in [-0.25, -0.2) is 0 Å². The molecule has 0 saturated carbocycles. The SMILES string of the molecule is CC(C)CNC(=O)CCNC(=O)c1ccncc1NN. The van der Waals surface area contributed by atoms with Crippen LogP contribution in [0, 0.1) is 5.92 Å². The zero-order chi connectivity index (χ0) is 15.0. The number of carbonyl (C=O) groups excluding carboxylic acids is 2. The molecule has 0 saturated heterocycles. The number of nitrogens with zero attached hydrogens (tertiary/aromatic N) is 1. The molecule has 1 heterocycles. The van der Waals surface area contributed by atoms with E-state index in [1.54, 1.807) is 6.07 Å². The zero-order valence-electron chi connectivity index (χ0n) is 11.8. The zero-order valence-corrected chi connectivity index (χ0v) is 11.8. The van der Waals surface area contributed by atoms with Crippen molar-refractivity contribution in [1.29, 1.82) is 0 Å². The number of hydrazine groups is 1. The van der Waals surface area contributed by atoms with Crippen LogP contribution < -0.4 is 21.9 Å². The van der Waals surface area contributed by atoms with Crippen molar-refractivity contribution in [2.75, 3.05) is 18.5 Å². The van der Waals surface area contributed by atoms with Crippen molar-refractivity contribution in [2.45, 2.75) is 20.3 Å². The van der Waals surface area contributed by atoms with E-state index in [2.05, 4.69) is 21.0 Å². The van der Waals surface area contributed by atoms with Gasteiger partial charge < -0.3 is 16.1 Å². The fraction of sp³-hybridized carbons (Fsp3) is 0.462. The van der Waals surface area contributed by atoms with Crippen LogP contribution in [0.15, 0.2) is 18.5 Å². The van der Waals surface area contributed by atoms with E-state index in [-0.39, 0.29) is 24.8 Å². The third kappa shape index (κ3) is 5.23. The summed E-state index contributed by atoms with van der Waals surface area (Å²) in [5, 5.41) is 5.45. The van der Waals surface area contributed by atoms with Crippen LogP contribution in [-0.4, -0.2) is 29.9 Å². The number of nitrogens with one attached hydrogen (secondary N) is 3. The highest BCUT2D eigenvalue weighted by Gasteiger charge is 2.10. The molecule has 1 rings (SSSR count). The van der Waals surface area contributed by atoms with Crippen molar-refractivity contribution in [3.05, 3.63) is 24.0 Å². The minimum absolute atomic E-state index is 0.0779. The normalized spacial score (nSPS) is 10.2. The largest absolute Gasteiger partial charge is 0.356 e. The summed E-state index contributed by atoms with van der Waals surface area (Å²) in [4.78, 5) is 27.3. The Hall–Kier alpha value is -2.15. The van der Waals surface area contributed by atoms with Gasteiger partial charge in [-0.1, -0.05) is 13.8 Å². The number of pyridine rings is 1. The van der Waals surface area contributed by atoms with Crippen LogP contribution in [0.4, 0.5) is 5.69 Å². The Morgan fingerprint density at radius 3 is 2.75 bits per heavy atom. The third-order valence-corrected chi connectivity index (χ3v) is 2.57. The highest BCUT2D eigenvalue weighted by molar-refractivity contribution is 5.99. The Labute approximate surface area is 118 Å². The lowest BCUT2D eigenvalue weighted by atomic mass is 10.2. The Kier molecular flexibility index (Phi) is 6.45. The number of carbonyl (C=O) groups is 2. The van der Waals surface area contributed by atoms with Crippen molar-refractivity contribution in [2.24, 2.45) is 11.8 Å². The van der Waals surface area contributed by atoms with E-state index in [1.807, 2.05) is 13.8 Å². The highest BCUT2D eigenvalue weighted by Crippen LogP contribution is 2.11. The molecule has 20 heavy (non-hydrogen) atoms. The molecule has 0 aromatic carbocycles. The molecule has 0 fully saturated rings. The summed E-state index contributed by atoms with van der Waals surface area (Å²) >= 11 is 0. The lowest BCUT2D eigenvalue weighted by Crippen LogP contribution is -2.32. The maximum absolute atomic E-state index is 11.9. The molecule has 0 aliphatic rings. The van der Waals surface area contributed by atoms with Crippen LogP contribution in [-0.2, 0) is 4.79 Å². The van der Waals surface area contributed by atoms with E-state index in [0.717, 1.165) is 0 Å². The number of hydrogen-bond donors (Lipinski definition) is 4. The first-order valence-electron chi connectivity index (χ1n) is 6.50. The molecule has 5 N–H and O–H groups in total. The topological polar surface area (TPSA) is 109 Å². The highest BCUT2D eigenvalue weighted by atomic mass is 16.2. The Morgan fingerprint density at radius 1 is 1.35 bits per heavy atom. The fourth-order valence-corrected chi connectivity index (χ4v) is 1.50. The number of aromatic nitrogens is 1. The van der Waals surface area contributed by atoms with Gasteiger partial charge in [-0.15, -0.1) is 0 Å². The van der Waals surface area contributed by atoms with Crippen LogP contribution in [0.2, 0.25) is 0 Å². The van der Waals surface area contributed by atoms with Crippen LogP contribution in [0.3, 0.4) is 0 Å². The van der Waals surface area contributed by atoms with Gasteiger partial charge in [0.25, 0.3) is 5.91 Å². The number of amides is 2. The summed E-state index contributed by atoms with van der Waals surface area (Å²) in [5.41, 5.74) is 3.24. The van der Waals surface area contributed by atoms with Crippen LogP contribution in [0.1, 0.15) is 30.6 Å². The predicted molar refractivity (Wildman–Crippen MR) is 76.8 cm³/mol. The van der Waals surface area contributed by atoms with Gasteiger partial charge in [-0.2, -0.15) is 0 Å². The number of rotatable bonds is 7. The van der Waals surface area contributed by atoms with Gasteiger partial charge in [0, 0.05) is 25.7 Å². The average Bonchev–Trinajstić information content (AvgIpc) is 2.44. The van der Waals surface area contributed by atoms with E-state index in [0.29, 0.717) is 23.7 Å². The smallest absolute Gasteiger partial charge is 0.253 e. The molecule has 0 aliphatic carbocycles. The predicted octanol–water partition coefficient (Wildman–Crippen LogP) is 0.259. The molecule has 0 aliphatic heterocycles. The second-order valence-corrected chi connectivity index (χ2v) is 4.77. The van der Waals surface area contributed by atoms with Crippen LogP contribution >= 0.6 is 0 Å². The van der Waals surface area contributed by atoms with Crippen molar-refractivity contribution in [1.82, 2.24) is 15.6 Å². The summed E-state index contributed by atoms with van der Waals surface area (Å²) < 4.78 is 0. The van der Waals surface area contributed by atoms with Crippen molar-refractivity contribution >= 4 is 17.5 Å². The Bertz CT molecular complexity index is 462. The molecule has 0 bridgehead atoms. The molecule has 2 amide bonds. The summed E-state index contributed by atoms with van der Waals surface area (Å²) in [6.07, 6.45) is 3.21. The molecular weight excluding hydrogens is 258 g/mol. The molecule has 1 aromatic heterocycles. The van der Waals surface area contributed by atoms with Gasteiger partial charge in [0.15, 0.2) is 0 Å². The fourth-order valence-electron chi connectivity index (χ4n) is 1.50. The monoisotopic (exact) mass is 279 g/mol. The average molecular weight is 279 g/mol. The quantitative estimate of drug-likeness (QED) is 0.423. The standard InChI is InChI=1S/C13H21N5O2/c1-9(2)7-17-12(19)4-6-16-13(20)10-3-5-15-8-11(10)18-14/h3,5,8-9,18H,4,6-7,14H2,1-2H3,(H,16,20)(H,17,19). The van der Waals surface area contributed by atoms with Gasteiger partial charge in [-0.3, -0.25) is 20.4 Å². The molecule has 1 aromatic rings. The summed E-state index contributed by atoms with van der Waals surface area (Å²) in [5.74, 6) is 5.33. The molecule has 0 spiro atoms. The lowest BCUT2D eigenvalue weighted by Gasteiger charge is -2.10. The van der Waals surface area contributed by atoms with Crippen molar-refractivity contribution < 1.29 is 9.59 Å². The number of anilines is 1. The second-order valence-electron chi connectivity index (χ2n) is 4.77. The summed E-state index contributed by atoms with van der Waals surface area (Å²) in [7, 11) is 0. The van der Waals surface area contributed by atoms with E-state index >= 15 is 0 Å². The molecule has 7 nitrogen and oxygen atoms in total. The van der Waals surface area contributed by atoms with E-state index in [1.165, 1.54) is 12.4 Å². The first kappa shape index (κ1) is 15.9. The summed E-state index contributed by atoms with van der Waals surface area (Å²) in [6, 6.07) is 1.56. The number of nitrogens with two attached hydrogens (primary N) is 1. The van der Waals surface area contributed by atoms with E-state index < -0.39 is 0 Å². The summed E-state index contributed by atoms with van der Waals surface area (Å²) in [6.45, 7) is 4.95. The van der Waals surface area contributed by atoms with Gasteiger partial charge in [0.05, 0.1) is 17.4 Å². The number of nitrogen functional groups attached to an aromatic ring is 1. The molecule has 0 atom stereocenters. The lowest BCUT2D eigenvalue weighted by molar-refractivity contribution is -0.121. The van der Waals surface area contributed by atoms with Crippen LogP contribution in [0.5, 0.6) is 0 Å². The maximum Gasteiger partial charge on any atom is 0.253 e. The maximum atomic E-state index is 11.9. The molecule has 110 valence electrons. The minimum atomic E-state index is -0.294. The van der Waals surface area contributed by atoms with Crippen molar-refractivity contribution in [3.8, 4) is 0 Å². The molecule has 0 unspecified atom stereocenters.